The molecule has 0 unspecified atom stereocenters. The van der Waals surface area contributed by atoms with Crippen LogP contribution in [0.2, 0.25) is 18.1 Å². The Morgan fingerprint density at radius 2 is 1.74 bits per heavy atom. The van der Waals surface area contributed by atoms with Gasteiger partial charge >= 0.3 is 0 Å². The molecule has 0 spiro atoms. The van der Waals surface area contributed by atoms with Gasteiger partial charge in [0.1, 0.15) is 6.10 Å². The van der Waals surface area contributed by atoms with Crippen LogP contribution in [0, 0.1) is 11.8 Å². The Balaban J connectivity index is 1.66. The second-order valence-electron chi connectivity index (χ2n) is 9.20. The van der Waals surface area contributed by atoms with Gasteiger partial charge in [0.25, 0.3) is 0 Å². The fourth-order valence-corrected chi connectivity index (χ4v) is 5.45. The molecule has 4 nitrogen and oxygen atoms in total. The van der Waals surface area contributed by atoms with E-state index in [2.05, 4.69) is 53.8 Å². The molecule has 1 aromatic carbocycles. The third-order valence-corrected chi connectivity index (χ3v) is 11.2. The molecule has 27 heavy (non-hydrogen) atoms. The lowest BCUT2D eigenvalue weighted by molar-refractivity contribution is -0.0770. The molecular formula is C21H32O4SSi. The van der Waals surface area contributed by atoms with Gasteiger partial charge in [0.15, 0.2) is 14.1 Å². The molecule has 0 bridgehead atoms. The fourth-order valence-electron chi connectivity index (χ4n) is 3.25. The van der Waals surface area contributed by atoms with Gasteiger partial charge in [0.2, 0.25) is 0 Å². The Morgan fingerprint density at radius 1 is 1.07 bits per heavy atom. The predicted molar refractivity (Wildman–Crippen MR) is 113 cm³/mol. The number of ether oxygens (including phenoxy) is 1. The summed E-state index contributed by atoms with van der Waals surface area (Å²) >= 11 is 1.26. The van der Waals surface area contributed by atoms with E-state index in [4.69, 9.17) is 18.4 Å². The SMILES string of the molecule is C[C@H]1[C@@H]2O[C@@H]2C(SOOc2ccccc2)=C[C@H](C)[C@H]1O[Si](C)(C)C(C)(C)C. The van der Waals surface area contributed by atoms with Crippen molar-refractivity contribution in [3.63, 3.8) is 0 Å². The first-order valence-electron chi connectivity index (χ1n) is 9.71. The van der Waals surface area contributed by atoms with E-state index in [1.807, 2.05) is 30.3 Å². The molecular weight excluding hydrogens is 376 g/mol. The molecule has 6 heteroatoms. The molecule has 1 saturated heterocycles. The van der Waals surface area contributed by atoms with Crippen molar-refractivity contribution in [2.45, 2.75) is 71.1 Å². The number of rotatable bonds is 6. The number of benzene rings is 1. The first kappa shape index (κ1) is 20.9. The minimum atomic E-state index is -1.85. The van der Waals surface area contributed by atoms with Crippen LogP contribution in [-0.4, -0.2) is 26.6 Å². The lowest BCUT2D eigenvalue weighted by Gasteiger charge is -2.42. The Morgan fingerprint density at radius 3 is 2.37 bits per heavy atom. The first-order valence-corrected chi connectivity index (χ1v) is 13.4. The Labute approximate surface area is 168 Å². The van der Waals surface area contributed by atoms with Gasteiger partial charge in [0, 0.05) is 16.7 Å². The molecule has 0 amide bonds. The number of hydrogen-bond donors (Lipinski definition) is 0. The number of hydrogen-bond acceptors (Lipinski definition) is 5. The fraction of sp³-hybridized carbons (Fsp3) is 0.619. The maximum atomic E-state index is 6.80. The summed E-state index contributed by atoms with van der Waals surface area (Å²) in [6.07, 6.45) is 2.70. The third kappa shape index (κ3) is 4.80. The highest BCUT2D eigenvalue weighted by Gasteiger charge is 2.53. The summed E-state index contributed by atoms with van der Waals surface area (Å²) < 4.78 is 18.2. The van der Waals surface area contributed by atoms with Crippen LogP contribution < -0.4 is 4.89 Å². The van der Waals surface area contributed by atoms with Gasteiger partial charge in [-0.2, -0.15) is 0 Å². The number of para-hydroxylation sites is 1. The standard InChI is InChI=1S/C21H32O4SSi/c1-14-13-17(26-25-23-16-11-9-8-10-12-16)20-19(22-20)15(2)18(14)24-27(6,7)21(3,4)5/h8-15,18-20H,1-7H3/t14-,15+,18+,19-,20+/m0/s1. The van der Waals surface area contributed by atoms with Gasteiger partial charge in [-0.05, 0) is 30.3 Å². The quantitative estimate of drug-likeness (QED) is 0.191. The molecule has 0 aromatic heterocycles. The Kier molecular flexibility index (Phi) is 6.13. The monoisotopic (exact) mass is 408 g/mol. The van der Waals surface area contributed by atoms with E-state index in [0.717, 1.165) is 4.91 Å². The summed E-state index contributed by atoms with van der Waals surface area (Å²) in [5.74, 6) is 1.34. The zero-order chi connectivity index (χ0) is 19.8. The summed E-state index contributed by atoms with van der Waals surface area (Å²) in [4.78, 5) is 6.45. The smallest absolute Gasteiger partial charge is 0.192 e. The largest absolute Gasteiger partial charge is 0.413 e. The maximum Gasteiger partial charge on any atom is 0.192 e. The molecule has 2 aliphatic rings. The molecule has 0 N–H and O–H groups in total. The van der Waals surface area contributed by atoms with E-state index in [0.29, 0.717) is 17.6 Å². The van der Waals surface area contributed by atoms with Crippen LogP contribution in [0.4, 0.5) is 0 Å². The molecule has 1 aliphatic carbocycles. The van der Waals surface area contributed by atoms with E-state index in [9.17, 15) is 0 Å². The van der Waals surface area contributed by atoms with Crippen LogP contribution >= 0.6 is 12.0 Å². The molecule has 5 atom stereocenters. The van der Waals surface area contributed by atoms with Crippen molar-refractivity contribution in [2.75, 3.05) is 0 Å². The zero-order valence-electron chi connectivity index (χ0n) is 17.4. The summed E-state index contributed by atoms with van der Waals surface area (Å²) in [6.45, 7) is 16.0. The van der Waals surface area contributed by atoms with Crippen molar-refractivity contribution in [1.82, 2.24) is 0 Å². The van der Waals surface area contributed by atoms with Gasteiger partial charge in [-0.3, -0.25) is 0 Å². The highest BCUT2D eigenvalue weighted by atomic mass is 32.2. The molecule has 150 valence electrons. The highest BCUT2D eigenvalue weighted by Crippen LogP contribution is 2.48. The molecule has 1 heterocycles. The minimum absolute atomic E-state index is 0.0971. The topological polar surface area (TPSA) is 40.2 Å². The average Bonchev–Trinajstić information content (AvgIpc) is 3.38. The molecule has 3 rings (SSSR count). The molecule has 0 saturated carbocycles. The average molecular weight is 409 g/mol. The summed E-state index contributed by atoms with van der Waals surface area (Å²) in [5, 5.41) is 0.191. The van der Waals surface area contributed by atoms with Crippen LogP contribution in [0.5, 0.6) is 5.75 Å². The van der Waals surface area contributed by atoms with Gasteiger partial charge in [-0.1, -0.05) is 58.9 Å². The van der Waals surface area contributed by atoms with Crippen molar-refractivity contribution in [1.29, 1.82) is 0 Å². The molecule has 1 aliphatic heterocycles. The summed E-state index contributed by atoms with van der Waals surface area (Å²) in [5.41, 5.74) is 0. The Hall–Kier alpha value is -0.793. The van der Waals surface area contributed by atoms with E-state index >= 15 is 0 Å². The van der Waals surface area contributed by atoms with Crippen molar-refractivity contribution in [3.8, 4) is 5.75 Å². The van der Waals surface area contributed by atoms with E-state index in [1.54, 1.807) is 0 Å². The van der Waals surface area contributed by atoms with Crippen LogP contribution in [0.15, 0.2) is 41.3 Å². The van der Waals surface area contributed by atoms with Gasteiger partial charge in [-0.15, -0.1) is 4.33 Å². The molecule has 0 radical (unpaired) electrons. The van der Waals surface area contributed by atoms with Crippen LogP contribution in [-0.2, 0) is 13.5 Å². The Bertz CT molecular complexity index is 671. The van der Waals surface area contributed by atoms with Crippen molar-refractivity contribution in [3.05, 3.63) is 41.3 Å². The summed E-state index contributed by atoms with van der Waals surface area (Å²) in [6, 6.07) is 9.52. The molecule has 1 fully saturated rings. The van der Waals surface area contributed by atoms with Crippen LogP contribution in [0.3, 0.4) is 0 Å². The van der Waals surface area contributed by atoms with Crippen molar-refractivity contribution in [2.24, 2.45) is 11.8 Å². The number of epoxide rings is 1. The second-order valence-corrected chi connectivity index (χ2v) is 14.7. The van der Waals surface area contributed by atoms with Gasteiger partial charge in [-0.25, -0.2) is 0 Å². The van der Waals surface area contributed by atoms with Crippen molar-refractivity contribution < 1.29 is 18.4 Å². The minimum Gasteiger partial charge on any atom is -0.413 e. The number of fused-ring (bicyclic) bond motifs is 1. The second kappa shape index (κ2) is 7.91. The lowest BCUT2D eigenvalue weighted by Crippen LogP contribution is -2.47. The maximum absolute atomic E-state index is 6.80. The first-order chi connectivity index (χ1) is 12.6. The summed E-state index contributed by atoms with van der Waals surface area (Å²) in [7, 11) is -1.85. The molecule has 1 aromatic rings. The van der Waals surface area contributed by atoms with Gasteiger partial charge < -0.3 is 14.1 Å². The van der Waals surface area contributed by atoms with Crippen LogP contribution in [0.25, 0.3) is 0 Å². The van der Waals surface area contributed by atoms with Crippen LogP contribution in [0.1, 0.15) is 34.6 Å². The normalized spacial score (nSPS) is 30.9. The van der Waals surface area contributed by atoms with Gasteiger partial charge in [0.05, 0.1) is 24.3 Å². The predicted octanol–water partition coefficient (Wildman–Crippen LogP) is 5.97. The zero-order valence-corrected chi connectivity index (χ0v) is 19.2. The van der Waals surface area contributed by atoms with E-state index < -0.39 is 8.32 Å². The highest BCUT2D eigenvalue weighted by molar-refractivity contribution is 7.98. The third-order valence-electron chi connectivity index (χ3n) is 6.03. The van der Waals surface area contributed by atoms with E-state index in [1.165, 1.54) is 12.0 Å². The van der Waals surface area contributed by atoms with E-state index in [-0.39, 0.29) is 23.4 Å². The lowest BCUT2D eigenvalue weighted by atomic mass is 9.93. The van der Waals surface area contributed by atoms with Crippen molar-refractivity contribution >= 4 is 20.4 Å².